The summed E-state index contributed by atoms with van der Waals surface area (Å²) in [4.78, 5) is 0. The molecule has 1 aromatic heterocycles. The molecule has 0 aliphatic heterocycles. The van der Waals surface area contributed by atoms with E-state index in [1.54, 1.807) is 0 Å². The van der Waals surface area contributed by atoms with Gasteiger partial charge in [-0.15, -0.1) is 0 Å². The third kappa shape index (κ3) is 2.81. The van der Waals surface area contributed by atoms with E-state index >= 15 is 0 Å². The van der Waals surface area contributed by atoms with Gasteiger partial charge in [0.25, 0.3) is 0 Å². The number of aryl methyl sites for hydroxylation is 1. The molecular formula is C12H21N3. The Morgan fingerprint density at radius 2 is 2.27 bits per heavy atom. The predicted molar refractivity (Wildman–Crippen MR) is 61.5 cm³/mol. The lowest BCUT2D eigenvalue weighted by molar-refractivity contribution is 0.461. The minimum absolute atomic E-state index is 0.160. The third-order valence-corrected chi connectivity index (χ3v) is 3.11. The molecule has 1 aliphatic carbocycles. The average molecular weight is 207 g/mol. The highest BCUT2D eigenvalue weighted by atomic mass is 15.3. The van der Waals surface area contributed by atoms with Gasteiger partial charge in [-0.3, -0.25) is 4.68 Å². The van der Waals surface area contributed by atoms with Crippen LogP contribution in [0.5, 0.6) is 0 Å². The van der Waals surface area contributed by atoms with Crippen LogP contribution in [0.15, 0.2) is 12.3 Å². The van der Waals surface area contributed by atoms with Crippen LogP contribution < -0.4 is 5.73 Å². The van der Waals surface area contributed by atoms with Crippen LogP contribution in [-0.2, 0) is 13.0 Å². The van der Waals surface area contributed by atoms with Crippen LogP contribution >= 0.6 is 0 Å². The monoisotopic (exact) mass is 207 g/mol. The predicted octanol–water partition coefficient (Wildman–Crippen LogP) is 1.96. The highest BCUT2D eigenvalue weighted by molar-refractivity contribution is 5.06. The molecule has 15 heavy (non-hydrogen) atoms. The summed E-state index contributed by atoms with van der Waals surface area (Å²) in [6.45, 7) is 5.45. The van der Waals surface area contributed by atoms with E-state index in [0.29, 0.717) is 5.92 Å². The van der Waals surface area contributed by atoms with Crippen molar-refractivity contribution in [2.75, 3.05) is 0 Å². The summed E-state index contributed by atoms with van der Waals surface area (Å²) < 4.78 is 2.12. The van der Waals surface area contributed by atoms with E-state index in [0.717, 1.165) is 19.4 Å². The zero-order valence-corrected chi connectivity index (χ0v) is 9.74. The number of nitrogens with zero attached hydrogens (tertiary/aromatic N) is 2. The molecule has 84 valence electrons. The van der Waals surface area contributed by atoms with Gasteiger partial charge in [-0.25, -0.2) is 0 Å². The van der Waals surface area contributed by atoms with Crippen LogP contribution in [0.25, 0.3) is 0 Å². The van der Waals surface area contributed by atoms with Gasteiger partial charge in [0.2, 0.25) is 0 Å². The van der Waals surface area contributed by atoms with Gasteiger partial charge < -0.3 is 5.73 Å². The number of rotatable bonds is 5. The number of hydrogen-bond acceptors (Lipinski definition) is 2. The second-order valence-electron chi connectivity index (χ2n) is 5.26. The molecule has 1 fully saturated rings. The van der Waals surface area contributed by atoms with E-state index in [1.807, 2.05) is 6.20 Å². The van der Waals surface area contributed by atoms with Crippen LogP contribution in [0.2, 0.25) is 0 Å². The summed E-state index contributed by atoms with van der Waals surface area (Å²) >= 11 is 0. The molecule has 3 nitrogen and oxygen atoms in total. The number of hydrogen-bond donors (Lipinski definition) is 1. The second-order valence-corrected chi connectivity index (χ2v) is 5.26. The topological polar surface area (TPSA) is 43.8 Å². The summed E-state index contributed by atoms with van der Waals surface area (Å²) in [6.07, 6.45) is 6.48. The molecule has 1 saturated carbocycles. The summed E-state index contributed by atoms with van der Waals surface area (Å²) in [5.74, 6) is 0.649. The molecule has 0 spiro atoms. The Hall–Kier alpha value is -0.830. The van der Waals surface area contributed by atoms with Gasteiger partial charge in [-0.05, 0) is 37.7 Å². The molecule has 0 radical (unpaired) electrons. The normalized spacial score (nSPS) is 18.4. The molecule has 0 atom stereocenters. The number of aromatic nitrogens is 2. The molecule has 2 rings (SSSR count). The lowest BCUT2D eigenvalue weighted by atomic mass is 10.1. The van der Waals surface area contributed by atoms with Crippen LogP contribution in [0.1, 0.15) is 38.8 Å². The second kappa shape index (κ2) is 3.97. The summed E-state index contributed by atoms with van der Waals surface area (Å²) in [7, 11) is 0. The molecule has 0 amide bonds. The first-order valence-electron chi connectivity index (χ1n) is 5.89. The van der Waals surface area contributed by atoms with Crippen molar-refractivity contribution < 1.29 is 0 Å². The van der Waals surface area contributed by atoms with Gasteiger partial charge in [-0.1, -0.05) is 13.8 Å². The smallest absolute Gasteiger partial charge is 0.0492 e. The van der Waals surface area contributed by atoms with Crippen molar-refractivity contribution in [2.45, 2.75) is 51.6 Å². The van der Waals surface area contributed by atoms with Crippen molar-refractivity contribution in [3.05, 3.63) is 18.0 Å². The molecular weight excluding hydrogens is 186 g/mol. The zero-order valence-electron chi connectivity index (χ0n) is 9.74. The van der Waals surface area contributed by atoms with Crippen LogP contribution in [0.4, 0.5) is 0 Å². The molecule has 3 heteroatoms. The third-order valence-electron chi connectivity index (χ3n) is 3.11. The van der Waals surface area contributed by atoms with E-state index in [2.05, 4.69) is 29.7 Å². The Bertz CT molecular complexity index is 323. The fourth-order valence-electron chi connectivity index (χ4n) is 1.87. The first kappa shape index (κ1) is 10.7. The molecule has 1 heterocycles. The van der Waals surface area contributed by atoms with Crippen molar-refractivity contribution in [3.8, 4) is 0 Å². The van der Waals surface area contributed by atoms with Crippen LogP contribution in [0.3, 0.4) is 0 Å². The highest BCUT2D eigenvalue weighted by Gasteiger charge is 2.37. The fraction of sp³-hybridized carbons (Fsp3) is 0.750. The highest BCUT2D eigenvalue weighted by Crippen LogP contribution is 2.36. The minimum Gasteiger partial charge on any atom is -0.325 e. The molecule has 0 unspecified atom stereocenters. The maximum absolute atomic E-state index is 6.08. The van der Waals surface area contributed by atoms with E-state index < -0.39 is 0 Å². The SMILES string of the molecule is CC(C)Cn1nccc1CCC1(N)CC1. The Morgan fingerprint density at radius 1 is 1.53 bits per heavy atom. The standard InChI is InChI=1S/C12H21N3/c1-10(2)9-15-11(4-8-14-15)3-5-12(13)6-7-12/h4,8,10H,3,5-7,9,13H2,1-2H3. The van der Waals surface area contributed by atoms with E-state index in [1.165, 1.54) is 18.5 Å². The van der Waals surface area contributed by atoms with Gasteiger partial charge >= 0.3 is 0 Å². The lowest BCUT2D eigenvalue weighted by Gasteiger charge is -2.12. The van der Waals surface area contributed by atoms with Gasteiger partial charge in [0.05, 0.1) is 0 Å². The van der Waals surface area contributed by atoms with Gasteiger partial charge in [0.15, 0.2) is 0 Å². The van der Waals surface area contributed by atoms with Crippen LogP contribution in [-0.4, -0.2) is 15.3 Å². The Labute approximate surface area is 91.7 Å². The minimum atomic E-state index is 0.160. The van der Waals surface area contributed by atoms with Crippen molar-refractivity contribution in [1.29, 1.82) is 0 Å². The first-order valence-corrected chi connectivity index (χ1v) is 5.89. The number of nitrogens with two attached hydrogens (primary N) is 1. The van der Waals surface area contributed by atoms with Crippen molar-refractivity contribution >= 4 is 0 Å². The lowest BCUT2D eigenvalue weighted by Crippen LogP contribution is -2.23. The van der Waals surface area contributed by atoms with Crippen molar-refractivity contribution in [3.63, 3.8) is 0 Å². The Balaban J connectivity index is 1.92. The Morgan fingerprint density at radius 3 is 2.87 bits per heavy atom. The van der Waals surface area contributed by atoms with Crippen LogP contribution in [0, 0.1) is 5.92 Å². The molecule has 0 aromatic carbocycles. The van der Waals surface area contributed by atoms with Crippen molar-refractivity contribution in [1.82, 2.24) is 9.78 Å². The maximum atomic E-state index is 6.08. The summed E-state index contributed by atoms with van der Waals surface area (Å²) in [6, 6.07) is 2.12. The summed E-state index contributed by atoms with van der Waals surface area (Å²) in [5.41, 5.74) is 7.58. The van der Waals surface area contributed by atoms with E-state index in [4.69, 9.17) is 5.73 Å². The van der Waals surface area contributed by atoms with Gasteiger partial charge in [0, 0.05) is 24.0 Å². The Kier molecular flexibility index (Phi) is 2.83. The largest absolute Gasteiger partial charge is 0.325 e. The summed E-state index contributed by atoms with van der Waals surface area (Å²) in [5, 5.41) is 4.35. The van der Waals surface area contributed by atoms with E-state index in [9.17, 15) is 0 Å². The van der Waals surface area contributed by atoms with E-state index in [-0.39, 0.29) is 5.54 Å². The average Bonchev–Trinajstić information content (AvgIpc) is 2.74. The zero-order chi connectivity index (χ0) is 10.9. The molecule has 1 aliphatic rings. The molecule has 1 aromatic rings. The van der Waals surface area contributed by atoms with Crippen molar-refractivity contribution in [2.24, 2.45) is 11.7 Å². The molecule has 2 N–H and O–H groups in total. The maximum Gasteiger partial charge on any atom is 0.0492 e. The first-order chi connectivity index (χ1) is 7.09. The molecule has 0 bridgehead atoms. The molecule has 0 saturated heterocycles. The van der Waals surface area contributed by atoms with Gasteiger partial charge in [0.1, 0.15) is 0 Å². The quantitative estimate of drug-likeness (QED) is 0.802. The fourth-order valence-corrected chi connectivity index (χ4v) is 1.87. The van der Waals surface area contributed by atoms with Gasteiger partial charge in [-0.2, -0.15) is 5.10 Å².